The molecule has 1 amide bonds. The van der Waals surface area contributed by atoms with E-state index in [9.17, 15) is 9.59 Å². The number of halogens is 1. The first kappa shape index (κ1) is 19.4. The van der Waals surface area contributed by atoms with Gasteiger partial charge in [0.25, 0.3) is 0 Å². The standard InChI is InChI=1S/C19H16ClN3O5/c1-26-19(25)12-6-8-14(9-7-12)27-11-16-22-18(28-23-16)17(24)21-10-13-4-2-3-5-15(13)20/h2-9H,10-11H2,1H3,(H,21,24). The smallest absolute Gasteiger partial charge is 0.337 e. The molecule has 0 atom stereocenters. The van der Waals surface area contributed by atoms with Crippen LogP contribution in [0.4, 0.5) is 0 Å². The third kappa shape index (κ3) is 4.86. The second-order valence-corrected chi connectivity index (χ2v) is 6.00. The largest absolute Gasteiger partial charge is 0.485 e. The van der Waals surface area contributed by atoms with Gasteiger partial charge in [-0.15, -0.1) is 0 Å². The van der Waals surface area contributed by atoms with Gasteiger partial charge >= 0.3 is 17.8 Å². The first-order valence-corrected chi connectivity index (χ1v) is 8.60. The first-order valence-electron chi connectivity index (χ1n) is 8.22. The summed E-state index contributed by atoms with van der Waals surface area (Å²) in [4.78, 5) is 27.5. The maximum Gasteiger partial charge on any atom is 0.337 e. The van der Waals surface area contributed by atoms with E-state index in [1.54, 1.807) is 42.5 Å². The third-order valence-electron chi connectivity index (χ3n) is 3.70. The Balaban J connectivity index is 1.53. The number of ether oxygens (including phenoxy) is 2. The Morgan fingerprint density at radius 2 is 1.89 bits per heavy atom. The van der Waals surface area contributed by atoms with Crippen molar-refractivity contribution in [1.29, 1.82) is 0 Å². The Kier molecular flexibility index (Phi) is 6.23. The Morgan fingerprint density at radius 1 is 1.14 bits per heavy atom. The molecule has 0 radical (unpaired) electrons. The van der Waals surface area contributed by atoms with Crippen molar-refractivity contribution in [3.63, 3.8) is 0 Å². The fourth-order valence-corrected chi connectivity index (χ4v) is 2.45. The summed E-state index contributed by atoms with van der Waals surface area (Å²) in [6.07, 6.45) is 0. The van der Waals surface area contributed by atoms with Crippen LogP contribution in [0.3, 0.4) is 0 Å². The van der Waals surface area contributed by atoms with Crippen LogP contribution in [0.5, 0.6) is 5.75 Å². The number of carbonyl (C=O) groups is 2. The molecule has 0 fully saturated rings. The molecule has 1 aromatic heterocycles. The number of aromatic nitrogens is 2. The first-order chi connectivity index (χ1) is 13.6. The molecule has 0 aliphatic carbocycles. The number of benzene rings is 2. The highest BCUT2D eigenvalue weighted by atomic mass is 35.5. The Labute approximate surface area is 165 Å². The molecule has 8 nitrogen and oxygen atoms in total. The summed E-state index contributed by atoms with van der Waals surface area (Å²) in [5.41, 5.74) is 1.18. The Bertz CT molecular complexity index is 972. The molecule has 0 unspecified atom stereocenters. The van der Waals surface area contributed by atoms with Crippen LogP contribution in [0.1, 0.15) is 32.4 Å². The monoisotopic (exact) mass is 401 g/mol. The SMILES string of the molecule is COC(=O)c1ccc(OCc2noc(C(=O)NCc3ccccc3Cl)n2)cc1. The number of amides is 1. The predicted molar refractivity (Wildman–Crippen MR) is 99.0 cm³/mol. The molecule has 0 aliphatic rings. The van der Waals surface area contributed by atoms with E-state index in [1.165, 1.54) is 7.11 Å². The molecule has 28 heavy (non-hydrogen) atoms. The number of hydrogen-bond acceptors (Lipinski definition) is 7. The zero-order valence-corrected chi connectivity index (χ0v) is 15.6. The number of nitrogens with zero attached hydrogens (tertiary/aromatic N) is 2. The molecule has 0 spiro atoms. The number of nitrogens with one attached hydrogen (secondary N) is 1. The highest BCUT2D eigenvalue weighted by Crippen LogP contribution is 2.15. The van der Waals surface area contributed by atoms with Gasteiger partial charge in [-0.1, -0.05) is 35.0 Å². The summed E-state index contributed by atoms with van der Waals surface area (Å²) in [7, 11) is 1.31. The molecule has 9 heteroatoms. The molecule has 0 saturated heterocycles. The average molecular weight is 402 g/mol. The lowest BCUT2D eigenvalue weighted by molar-refractivity contribution is 0.0600. The van der Waals surface area contributed by atoms with Crippen molar-refractivity contribution < 1.29 is 23.6 Å². The molecule has 2 aromatic carbocycles. The minimum absolute atomic E-state index is 0.00113. The van der Waals surface area contributed by atoms with Crippen LogP contribution in [0, 0.1) is 0 Å². The summed E-state index contributed by atoms with van der Waals surface area (Å²) in [5.74, 6) is -0.410. The van der Waals surface area contributed by atoms with Crippen LogP contribution in [0.25, 0.3) is 0 Å². The van der Waals surface area contributed by atoms with E-state index < -0.39 is 11.9 Å². The van der Waals surface area contributed by atoms with Crippen molar-refractivity contribution in [2.24, 2.45) is 0 Å². The fraction of sp³-hybridized carbons (Fsp3) is 0.158. The lowest BCUT2D eigenvalue weighted by Gasteiger charge is -2.04. The summed E-state index contributed by atoms with van der Waals surface area (Å²) in [6.45, 7) is 0.234. The Morgan fingerprint density at radius 3 is 2.61 bits per heavy atom. The van der Waals surface area contributed by atoms with Crippen molar-refractivity contribution in [3.8, 4) is 5.75 Å². The van der Waals surface area contributed by atoms with Crippen LogP contribution in [0.15, 0.2) is 53.1 Å². The molecule has 3 aromatic rings. The van der Waals surface area contributed by atoms with E-state index in [1.807, 2.05) is 6.07 Å². The van der Waals surface area contributed by atoms with Crippen LogP contribution in [-0.2, 0) is 17.9 Å². The molecule has 144 valence electrons. The number of carbonyl (C=O) groups excluding carboxylic acids is 2. The summed E-state index contributed by atoms with van der Waals surface area (Å²) in [5, 5.41) is 6.93. The average Bonchev–Trinajstić information content (AvgIpc) is 3.20. The number of esters is 1. The van der Waals surface area contributed by atoms with Crippen LogP contribution >= 0.6 is 11.6 Å². The topological polar surface area (TPSA) is 104 Å². The molecule has 0 aliphatic heterocycles. The highest BCUT2D eigenvalue weighted by Gasteiger charge is 2.15. The van der Waals surface area contributed by atoms with E-state index in [2.05, 4.69) is 20.2 Å². The minimum Gasteiger partial charge on any atom is -0.485 e. The van der Waals surface area contributed by atoms with Crippen molar-refractivity contribution >= 4 is 23.5 Å². The van der Waals surface area contributed by atoms with E-state index in [0.29, 0.717) is 16.3 Å². The Hall–Kier alpha value is -3.39. The van der Waals surface area contributed by atoms with Crippen molar-refractivity contribution in [1.82, 2.24) is 15.5 Å². The molecular formula is C19H16ClN3O5. The quantitative estimate of drug-likeness (QED) is 0.607. The van der Waals surface area contributed by atoms with E-state index in [-0.39, 0.29) is 24.9 Å². The summed E-state index contributed by atoms with van der Waals surface area (Å²) < 4.78 is 15.1. The normalized spacial score (nSPS) is 10.4. The highest BCUT2D eigenvalue weighted by molar-refractivity contribution is 6.31. The third-order valence-corrected chi connectivity index (χ3v) is 4.07. The minimum atomic E-state index is -0.513. The van der Waals surface area contributed by atoms with Gasteiger partial charge < -0.3 is 19.3 Å². The zero-order chi connectivity index (χ0) is 19.9. The van der Waals surface area contributed by atoms with Crippen LogP contribution in [0.2, 0.25) is 5.02 Å². The van der Waals surface area contributed by atoms with Crippen molar-refractivity contribution in [2.75, 3.05) is 7.11 Å². The summed E-state index contributed by atoms with van der Waals surface area (Å²) >= 11 is 6.05. The van der Waals surface area contributed by atoms with Gasteiger partial charge in [0.05, 0.1) is 12.7 Å². The molecule has 3 rings (SSSR count). The fourth-order valence-electron chi connectivity index (χ4n) is 2.25. The van der Waals surface area contributed by atoms with Gasteiger partial charge in [-0.05, 0) is 35.9 Å². The van der Waals surface area contributed by atoms with Crippen LogP contribution in [-0.4, -0.2) is 29.1 Å². The van der Waals surface area contributed by atoms with Crippen molar-refractivity contribution in [3.05, 3.63) is 76.4 Å². The maximum absolute atomic E-state index is 12.1. The van der Waals surface area contributed by atoms with E-state index >= 15 is 0 Å². The lowest BCUT2D eigenvalue weighted by atomic mass is 10.2. The summed E-state index contributed by atoms with van der Waals surface area (Å²) in [6, 6.07) is 13.6. The molecular weight excluding hydrogens is 386 g/mol. The van der Waals surface area contributed by atoms with Crippen LogP contribution < -0.4 is 10.1 Å². The number of rotatable bonds is 7. The van der Waals surface area contributed by atoms with Gasteiger partial charge in [0, 0.05) is 11.6 Å². The predicted octanol–water partition coefficient (Wildman–Crippen LogP) is 3.02. The lowest BCUT2D eigenvalue weighted by Crippen LogP contribution is -2.23. The van der Waals surface area contributed by atoms with Gasteiger partial charge in [0.15, 0.2) is 6.61 Å². The number of hydrogen-bond donors (Lipinski definition) is 1. The van der Waals surface area contributed by atoms with Gasteiger partial charge in [-0.3, -0.25) is 4.79 Å². The van der Waals surface area contributed by atoms with Gasteiger partial charge in [0.2, 0.25) is 5.82 Å². The second-order valence-electron chi connectivity index (χ2n) is 5.59. The molecule has 0 bridgehead atoms. The zero-order valence-electron chi connectivity index (χ0n) is 14.8. The van der Waals surface area contributed by atoms with E-state index in [0.717, 1.165) is 5.56 Å². The molecule has 1 N–H and O–H groups in total. The van der Waals surface area contributed by atoms with Crippen molar-refractivity contribution in [2.45, 2.75) is 13.2 Å². The van der Waals surface area contributed by atoms with Gasteiger partial charge in [0.1, 0.15) is 5.75 Å². The van der Waals surface area contributed by atoms with Gasteiger partial charge in [-0.25, -0.2) is 4.79 Å². The van der Waals surface area contributed by atoms with E-state index in [4.69, 9.17) is 20.9 Å². The number of methoxy groups -OCH3 is 1. The molecule has 0 saturated carbocycles. The van der Waals surface area contributed by atoms with Gasteiger partial charge in [-0.2, -0.15) is 4.98 Å². The maximum atomic E-state index is 12.1. The second kappa shape index (κ2) is 9.01. The molecule has 1 heterocycles.